The van der Waals surface area contributed by atoms with Gasteiger partial charge in [-0.05, 0) is 47.5 Å². The molecule has 4 nitrogen and oxygen atoms in total. The van der Waals surface area contributed by atoms with Crippen molar-refractivity contribution in [2.75, 3.05) is 0 Å². The lowest BCUT2D eigenvalue weighted by atomic mass is 9.96. The summed E-state index contributed by atoms with van der Waals surface area (Å²) in [4.78, 5) is 7.00. The second-order valence-electron chi connectivity index (χ2n) is 9.30. The molecule has 204 valence electrons. The highest BCUT2D eigenvalue weighted by molar-refractivity contribution is 8.01. The molecule has 2 atom stereocenters. The third-order valence-electron chi connectivity index (χ3n) is 6.98. The largest absolute Gasteiger partial charge is 0.314 e. The number of nitrogens with zero attached hydrogens (tertiary/aromatic N) is 4. The molecule has 0 saturated carbocycles. The number of hydrogen-bond donors (Lipinski definition) is 0. The van der Waals surface area contributed by atoms with Crippen LogP contribution in [0, 0.1) is 0 Å². The molecular formula is C32H22Cl4N4S. The molecule has 0 amide bonds. The van der Waals surface area contributed by atoms with Crippen molar-refractivity contribution < 1.29 is 0 Å². The number of hydrogen-bond acceptors (Lipinski definition) is 3. The van der Waals surface area contributed by atoms with Crippen LogP contribution in [0.15, 0.2) is 135 Å². The maximum Gasteiger partial charge on any atom is 0.146 e. The average molecular weight is 636 g/mol. The SMILES string of the molecule is Clc1ccc(C(SC(c2ccc(Cl)cc2)(c2ccccc2Cl)n2ccnc2)(c2ccccc2Cl)n2ccnc2)cc1. The minimum absolute atomic E-state index is 0.596. The Morgan fingerprint density at radius 1 is 0.512 bits per heavy atom. The summed E-state index contributed by atoms with van der Waals surface area (Å²) >= 11 is 28.6. The summed E-state index contributed by atoms with van der Waals surface area (Å²) < 4.78 is 4.14. The summed E-state index contributed by atoms with van der Waals surface area (Å²) in [7, 11) is 0. The molecule has 0 N–H and O–H groups in total. The lowest BCUT2D eigenvalue weighted by Gasteiger charge is -2.46. The molecule has 0 fully saturated rings. The van der Waals surface area contributed by atoms with E-state index in [0.717, 1.165) is 22.3 Å². The van der Waals surface area contributed by atoms with Gasteiger partial charge < -0.3 is 9.13 Å². The van der Waals surface area contributed by atoms with Crippen molar-refractivity contribution in [2.45, 2.75) is 9.74 Å². The Bertz CT molecular complexity index is 1630. The standard InChI is InChI=1S/C32H22Cl4N4S/c33-25-13-9-23(10-14-25)31(39-19-17-37-21-39,27-5-1-3-7-29(27)35)41-32(40-20-18-38-22-40,24-11-15-26(34)16-12-24)28-6-2-4-8-30(28)36/h1-22H. The molecule has 6 rings (SSSR count). The van der Waals surface area contributed by atoms with Crippen LogP contribution in [0.1, 0.15) is 22.3 Å². The van der Waals surface area contributed by atoms with E-state index in [4.69, 9.17) is 46.4 Å². The molecule has 9 heteroatoms. The molecule has 4 aromatic carbocycles. The zero-order chi connectivity index (χ0) is 28.5. The summed E-state index contributed by atoms with van der Waals surface area (Å²) in [5.74, 6) is 0. The normalized spacial score (nSPS) is 14.3. The van der Waals surface area contributed by atoms with Gasteiger partial charge in [-0.2, -0.15) is 0 Å². The van der Waals surface area contributed by atoms with Crippen molar-refractivity contribution in [3.8, 4) is 0 Å². The fraction of sp³-hybridized carbons (Fsp3) is 0.0625. The highest BCUT2D eigenvalue weighted by atomic mass is 35.5. The number of thioether (sulfide) groups is 1. The van der Waals surface area contributed by atoms with Gasteiger partial charge in [-0.25, -0.2) is 9.97 Å². The number of aromatic nitrogens is 4. The van der Waals surface area contributed by atoms with E-state index in [2.05, 4.69) is 19.1 Å². The second kappa shape index (κ2) is 11.6. The van der Waals surface area contributed by atoms with Crippen LogP contribution in [-0.2, 0) is 9.74 Å². The van der Waals surface area contributed by atoms with Gasteiger partial charge in [0.15, 0.2) is 0 Å². The van der Waals surface area contributed by atoms with E-state index in [1.165, 1.54) is 0 Å². The molecular weight excluding hydrogens is 614 g/mol. The maximum absolute atomic E-state index is 7.07. The van der Waals surface area contributed by atoms with Crippen LogP contribution in [0.4, 0.5) is 0 Å². The molecule has 0 spiro atoms. The first-order valence-corrected chi connectivity index (χ1v) is 15.0. The lowest BCUT2D eigenvalue weighted by molar-refractivity contribution is 0.565. The van der Waals surface area contributed by atoms with Crippen LogP contribution >= 0.6 is 58.2 Å². The molecule has 6 aromatic rings. The Kier molecular flexibility index (Phi) is 7.90. The van der Waals surface area contributed by atoms with E-state index in [1.807, 2.05) is 109 Å². The number of imidazole rings is 2. The van der Waals surface area contributed by atoms with Gasteiger partial charge in [0.05, 0.1) is 12.7 Å². The topological polar surface area (TPSA) is 35.6 Å². The zero-order valence-electron chi connectivity index (χ0n) is 21.4. The van der Waals surface area contributed by atoms with Crippen LogP contribution in [0.5, 0.6) is 0 Å². The Labute approximate surface area is 262 Å². The molecule has 41 heavy (non-hydrogen) atoms. The summed E-state index contributed by atoms with van der Waals surface area (Å²) in [5.41, 5.74) is 3.59. The fourth-order valence-corrected chi connectivity index (χ4v) is 8.00. The summed E-state index contributed by atoms with van der Waals surface area (Å²) in [6.45, 7) is 0. The predicted octanol–water partition coefficient (Wildman–Crippen LogP) is 9.63. The van der Waals surface area contributed by atoms with E-state index in [-0.39, 0.29) is 0 Å². The predicted molar refractivity (Wildman–Crippen MR) is 170 cm³/mol. The average Bonchev–Trinajstić information content (AvgIpc) is 3.72. The van der Waals surface area contributed by atoms with Gasteiger partial charge in [-0.15, -0.1) is 0 Å². The molecule has 2 unspecified atom stereocenters. The number of rotatable bonds is 8. The van der Waals surface area contributed by atoms with Crippen molar-refractivity contribution in [3.05, 3.63) is 177 Å². The van der Waals surface area contributed by atoms with Crippen LogP contribution < -0.4 is 0 Å². The molecule has 0 aliphatic carbocycles. The lowest BCUT2D eigenvalue weighted by Crippen LogP contribution is -2.42. The molecule has 0 bridgehead atoms. The first-order valence-electron chi connectivity index (χ1n) is 12.6. The Morgan fingerprint density at radius 2 is 0.902 bits per heavy atom. The molecule has 2 aromatic heterocycles. The van der Waals surface area contributed by atoms with Gasteiger partial charge in [0.25, 0.3) is 0 Å². The van der Waals surface area contributed by atoms with Gasteiger partial charge >= 0.3 is 0 Å². The minimum Gasteiger partial charge on any atom is -0.314 e. The van der Waals surface area contributed by atoms with Crippen molar-refractivity contribution in [2.24, 2.45) is 0 Å². The van der Waals surface area contributed by atoms with Gasteiger partial charge in [0.2, 0.25) is 0 Å². The zero-order valence-corrected chi connectivity index (χ0v) is 25.3. The monoisotopic (exact) mass is 634 g/mol. The van der Waals surface area contributed by atoms with Crippen LogP contribution in [0.2, 0.25) is 20.1 Å². The van der Waals surface area contributed by atoms with Gasteiger partial charge in [-0.1, -0.05) is 119 Å². The third-order valence-corrected chi connectivity index (χ3v) is 10.1. The number of halogens is 4. The second-order valence-corrected chi connectivity index (χ2v) is 12.4. The fourth-order valence-electron chi connectivity index (χ4n) is 5.15. The van der Waals surface area contributed by atoms with E-state index >= 15 is 0 Å². The van der Waals surface area contributed by atoms with Gasteiger partial charge in [-0.3, -0.25) is 0 Å². The Balaban J connectivity index is 1.78. The maximum atomic E-state index is 7.07. The van der Waals surface area contributed by atoms with E-state index in [1.54, 1.807) is 36.8 Å². The van der Waals surface area contributed by atoms with E-state index in [0.29, 0.717) is 20.1 Å². The van der Waals surface area contributed by atoms with Crippen molar-refractivity contribution in [1.82, 2.24) is 19.1 Å². The van der Waals surface area contributed by atoms with Crippen LogP contribution in [-0.4, -0.2) is 19.1 Å². The van der Waals surface area contributed by atoms with Crippen LogP contribution in [0.3, 0.4) is 0 Å². The minimum atomic E-state index is -0.970. The first kappa shape index (κ1) is 28.0. The van der Waals surface area contributed by atoms with Gasteiger partial charge in [0, 0.05) is 56.0 Å². The van der Waals surface area contributed by atoms with Crippen molar-refractivity contribution >= 4 is 58.2 Å². The van der Waals surface area contributed by atoms with Crippen molar-refractivity contribution in [3.63, 3.8) is 0 Å². The van der Waals surface area contributed by atoms with Crippen LogP contribution in [0.25, 0.3) is 0 Å². The molecule has 0 radical (unpaired) electrons. The molecule has 0 saturated heterocycles. The van der Waals surface area contributed by atoms with E-state index in [9.17, 15) is 0 Å². The molecule has 0 aliphatic heterocycles. The summed E-state index contributed by atoms with van der Waals surface area (Å²) in [6.07, 6.45) is 11.0. The highest BCUT2D eigenvalue weighted by Gasteiger charge is 2.50. The molecule has 0 aliphatic rings. The first-order chi connectivity index (χ1) is 19.9. The summed E-state index contributed by atoms with van der Waals surface area (Å²) in [6, 6.07) is 31.3. The highest BCUT2D eigenvalue weighted by Crippen LogP contribution is 2.59. The quantitative estimate of drug-likeness (QED) is 0.167. The summed E-state index contributed by atoms with van der Waals surface area (Å²) in [5, 5.41) is 2.45. The smallest absolute Gasteiger partial charge is 0.146 e. The van der Waals surface area contributed by atoms with Crippen molar-refractivity contribution in [1.29, 1.82) is 0 Å². The van der Waals surface area contributed by atoms with E-state index < -0.39 is 9.74 Å². The Hall–Kier alpha value is -3.19. The Morgan fingerprint density at radius 3 is 1.24 bits per heavy atom. The third kappa shape index (κ3) is 4.96. The van der Waals surface area contributed by atoms with Gasteiger partial charge in [0.1, 0.15) is 9.74 Å². The number of benzene rings is 4. The molecule has 2 heterocycles.